The fourth-order valence-electron chi connectivity index (χ4n) is 2.30. The monoisotopic (exact) mass is 305 g/mol. The first kappa shape index (κ1) is 13.9. The number of thioether (sulfide) groups is 1. The van der Waals surface area contributed by atoms with E-state index in [9.17, 15) is 4.79 Å². The average molecular weight is 305 g/mol. The van der Waals surface area contributed by atoms with Crippen LogP contribution in [0.3, 0.4) is 0 Å². The van der Waals surface area contributed by atoms with E-state index in [-0.39, 0.29) is 11.5 Å². The number of hydrogen-bond donors (Lipinski definition) is 1. The Balaban J connectivity index is 2.23. The fourth-order valence-corrected chi connectivity index (χ4v) is 2.78. The number of nitrogens with one attached hydrogen (secondary N) is 1. The molecule has 0 amide bonds. The first-order chi connectivity index (χ1) is 10.1. The standard InChI is InChI=1S/C13H15N5O2S/c1-4-21-13-17-16-12(20-13)8-5-18-10(9(8)7(2)3)11(19)14-6-15-18/h5-7H,4H2,1-3H3,(H,14,15,19). The van der Waals surface area contributed by atoms with Gasteiger partial charge in [-0.05, 0) is 11.7 Å². The highest BCUT2D eigenvalue weighted by Crippen LogP contribution is 2.32. The molecule has 3 heterocycles. The Morgan fingerprint density at radius 2 is 2.24 bits per heavy atom. The molecule has 0 aromatic carbocycles. The van der Waals surface area contributed by atoms with E-state index < -0.39 is 0 Å². The summed E-state index contributed by atoms with van der Waals surface area (Å²) in [4.78, 5) is 14.7. The Bertz CT molecular complexity index is 833. The van der Waals surface area contributed by atoms with E-state index in [1.165, 1.54) is 18.1 Å². The first-order valence-electron chi connectivity index (χ1n) is 6.67. The van der Waals surface area contributed by atoms with Crippen molar-refractivity contribution in [1.82, 2.24) is 24.8 Å². The van der Waals surface area contributed by atoms with Crippen molar-refractivity contribution in [3.05, 3.63) is 28.4 Å². The average Bonchev–Trinajstić information content (AvgIpc) is 3.03. The van der Waals surface area contributed by atoms with Gasteiger partial charge in [-0.3, -0.25) is 4.79 Å². The largest absolute Gasteiger partial charge is 0.411 e. The lowest BCUT2D eigenvalue weighted by Crippen LogP contribution is -2.11. The van der Waals surface area contributed by atoms with E-state index in [0.717, 1.165) is 16.9 Å². The number of aromatic amines is 1. The lowest BCUT2D eigenvalue weighted by Gasteiger charge is -2.04. The number of aromatic nitrogens is 5. The van der Waals surface area contributed by atoms with Crippen molar-refractivity contribution in [2.24, 2.45) is 0 Å². The fraction of sp³-hybridized carbons (Fsp3) is 0.385. The molecule has 0 fully saturated rings. The second-order valence-corrected chi connectivity index (χ2v) is 6.04. The quantitative estimate of drug-likeness (QED) is 0.744. The van der Waals surface area contributed by atoms with Gasteiger partial charge in [0.05, 0.1) is 5.56 Å². The molecule has 0 aliphatic rings. The topological polar surface area (TPSA) is 89.1 Å². The van der Waals surface area contributed by atoms with Crippen molar-refractivity contribution in [2.45, 2.75) is 31.9 Å². The number of nitrogens with zero attached hydrogens (tertiary/aromatic N) is 4. The molecule has 0 atom stereocenters. The van der Waals surface area contributed by atoms with Crippen LogP contribution >= 0.6 is 11.8 Å². The highest BCUT2D eigenvalue weighted by atomic mass is 32.2. The van der Waals surface area contributed by atoms with Gasteiger partial charge in [-0.25, -0.2) is 4.52 Å². The van der Waals surface area contributed by atoms with E-state index in [2.05, 4.69) is 20.3 Å². The van der Waals surface area contributed by atoms with Gasteiger partial charge in [0.15, 0.2) is 0 Å². The van der Waals surface area contributed by atoms with Crippen molar-refractivity contribution in [3.63, 3.8) is 0 Å². The Labute approximate surface area is 124 Å². The molecule has 0 saturated heterocycles. The molecule has 3 aromatic heterocycles. The number of rotatable bonds is 4. The third-order valence-electron chi connectivity index (χ3n) is 3.10. The maximum atomic E-state index is 12.1. The van der Waals surface area contributed by atoms with Crippen LogP contribution < -0.4 is 5.56 Å². The highest BCUT2D eigenvalue weighted by Gasteiger charge is 2.22. The van der Waals surface area contributed by atoms with Crippen molar-refractivity contribution < 1.29 is 4.42 Å². The third kappa shape index (κ3) is 2.35. The van der Waals surface area contributed by atoms with E-state index >= 15 is 0 Å². The van der Waals surface area contributed by atoms with Crippen molar-refractivity contribution >= 4 is 17.3 Å². The van der Waals surface area contributed by atoms with Crippen LogP contribution in [0.4, 0.5) is 0 Å². The van der Waals surface area contributed by atoms with Crippen LogP contribution in [-0.2, 0) is 0 Å². The maximum Gasteiger partial charge on any atom is 0.276 e. The Morgan fingerprint density at radius 3 is 2.95 bits per heavy atom. The van der Waals surface area contributed by atoms with Gasteiger partial charge < -0.3 is 9.40 Å². The molecule has 7 nitrogen and oxygen atoms in total. The summed E-state index contributed by atoms with van der Waals surface area (Å²) in [5.41, 5.74) is 1.96. The second kappa shape index (κ2) is 5.36. The predicted octanol–water partition coefficient (Wildman–Crippen LogP) is 2.31. The van der Waals surface area contributed by atoms with Gasteiger partial charge in [-0.15, -0.1) is 10.2 Å². The van der Waals surface area contributed by atoms with Crippen LogP contribution in [-0.4, -0.2) is 30.5 Å². The van der Waals surface area contributed by atoms with Gasteiger partial charge >= 0.3 is 0 Å². The summed E-state index contributed by atoms with van der Waals surface area (Å²) in [7, 11) is 0. The van der Waals surface area contributed by atoms with Gasteiger partial charge in [-0.1, -0.05) is 32.5 Å². The summed E-state index contributed by atoms with van der Waals surface area (Å²) in [5.74, 6) is 1.40. The summed E-state index contributed by atoms with van der Waals surface area (Å²) >= 11 is 1.48. The van der Waals surface area contributed by atoms with Crippen molar-refractivity contribution in [3.8, 4) is 11.5 Å². The molecule has 0 aliphatic carbocycles. The van der Waals surface area contributed by atoms with Crippen LogP contribution in [0, 0.1) is 0 Å². The van der Waals surface area contributed by atoms with Crippen LogP contribution in [0.2, 0.25) is 0 Å². The van der Waals surface area contributed by atoms with Gasteiger partial charge in [0, 0.05) is 11.8 Å². The summed E-state index contributed by atoms with van der Waals surface area (Å²) in [6, 6.07) is 0. The highest BCUT2D eigenvalue weighted by molar-refractivity contribution is 7.99. The van der Waals surface area contributed by atoms with Crippen LogP contribution in [0.1, 0.15) is 32.3 Å². The molecule has 3 rings (SSSR count). The van der Waals surface area contributed by atoms with Gasteiger partial charge in [0.1, 0.15) is 11.8 Å². The first-order valence-corrected chi connectivity index (χ1v) is 7.66. The van der Waals surface area contributed by atoms with Crippen molar-refractivity contribution in [2.75, 3.05) is 5.75 Å². The molecule has 3 aromatic rings. The molecule has 110 valence electrons. The number of fused-ring (bicyclic) bond motifs is 1. The second-order valence-electron chi connectivity index (χ2n) is 4.83. The maximum absolute atomic E-state index is 12.1. The molecule has 0 saturated carbocycles. The lowest BCUT2D eigenvalue weighted by atomic mass is 10.0. The van der Waals surface area contributed by atoms with E-state index in [0.29, 0.717) is 16.6 Å². The summed E-state index contributed by atoms with van der Waals surface area (Å²) in [6.45, 7) is 6.05. The minimum Gasteiger partial charge on any atom is -0.411 e. The molecule has 0 radical (unpaired) electrons. The van der Waals surface area contributed by atoms with Gasteiger partial charge in [0.2, 0.25) is 0 Å². The Kier molecular flexibility index (Phi) is 3.54. The van der Waals surface area contributed by atoms with Gasteiger partial charge in [0.25, 0.3) is 16.7 Å². The molecule has 0 aliphatic heterocycles. The molecular formula is C13H15N5O2S. The Morgan fingerprint density at radius 1 is 1.43 bits per heavy atom. The summed E-state index contributed by atoms with van der Waals surface area (Å²) < 4.78 is 7.21. The van der Waals surface area contributed by atoms with Crippen LogP contribution in [0.15, 0.2) is 27.0 Å². The molecule has 0 bridgehead atoms. The summed E-state index contributed by atoms with van der Waals surface area (Å²) in [6.07, 6.45) is 3.13. The van der Waals surface area contributed by atoms with Crippen LogP contribution in [0.25, 0.3) is 17.0 Å². The van der Waals surface area contributed by atoms with Gasteiger partial charge in [-0.2, -0.15) is 5.10 Å². The molecule has 1 N–H and O–H groups in total. The minimum atomic E-state index is -0.178. The predicted molar refractivity (Wildman–Crippen MR) is 79.6 cm³/mol. The number of hydrogen-bond acceptors (Lipinski definition) is 6. The smallest absolute Gasteiger partial charge is 0.276 e. The normalized spacial score (nSPS) is 11.6. The molecule has 0 unspecified atom stereocenters. The molecular weight excluding hydrogens is 290 g/mol. The van der Waals surface area contributed by atoms with Crippen LogP contribution in [0.5, 0.6) is 0 Å². The summed E-state index contributed by atoms with van der Waals surface area (Å²) in [5, 5.41) is 12.8. The zero-order valence-corrected chi connectivity index (χ0v) is 12.8. The third-order valence-corrected chi connectivity index (χ3v) is 3.80. The molecule has 21 heavy (non-hydrogen) atoms. The van der Waals surface area contributed by atoms with E-state index in [1.807, 2.05) is 20.8 Å². The number of H-pyrrole nitrogens is 1. The Hall–Kier alpha value is -2.09. The van der Waals surface area contributed by atoms with E-state index in [4.69, 9.17) is 4.42 Å². The van der Waals surface area contributed by atoms with E-state index in [1.54, 1.807) is 10.7 Å². The minimum absolute atomic E-state index is 0.129. The zero-order chi connectivity index (χ0) is 15.0. The van der Waals surface area contributed by atoms with Crippen molar-refractivity contribution in [1.29, 1.82) is 0 Å². The SMILES string of the molecule is CCSc1nnc(-c2cn3nc[nH]c(=O)c3c2C(C)C)o1. The zero-order valence-electron chi connectivity index (χ0n) is 12.0. The molecule has 8 heteroatoms. The molecule has 0 spiro atoms. The lowest BCUT2D eigenvalue weighted by molar-refractivity contribution is 0.465.